The monoisotopic (exact) mass is 242 g/mol. The van der Waals surface area contributed by atoms with Gasteiger partial charge in [-0.2, -0.15) is 0 Å². The van der Waals surface area contributed by atoms with Gasteiger partial charge in [0.25, 0.3) is 0 Å². The SMILES string of the molecule is C[C@H](OCCc1ccccc1)Oc1ccccc1. The summed E-state index contributed by atoms with van der Waals surface area (Å²) in [5, 5.41) is 0. The molecule has 0 saturated carbocycles. The summed E-state index contributed by atoms with van der Waals surface area (Å²) >= 11 is 0. The number of benzene rings is 2. The third-order valence-electron chi connectivity index (χ3n) is 2.63. The molecular formula is C16H18O2. The summed E-state index contributed by atoms with van der Waals surface area (Å²) in [6.07, 6.45) is 0.680. The van der Waals surface area contributed by atoms with Crippen LogP contribution in [0.5, 0.6) is 5.75 Å². The Balaban J connectivity index is 1.71. The highest BCUT2D eigenvalue weighted by molar-refractivity contribution is 5.21. The third kappa shape index (κ3) is 4.22. The van der Waals surface area contributed by atoms with Gasteiger partial charge in [-0.25, -0.2) is 0 Å². The first kappa shape index (κ1) is 12.7. The molecule has 2 rings (SSSR count). The van der Waals surface area contributed by atoms with Crippen molar-refractivity contribution in [2.75, 3.05) is 6.61 Å². The lowest BCUT2D eigenvalue weighted by Gasteiger charge is -2.15. The summed E-state index contributed by atoms with van der Waals surface area (Å²) in [6.45, 7) is 2.58. The number of hydrogen-bond donors (Lipinski definition) is 0. The summed E-state index contributed by atoms with van der Waals surface area (Å²) in [4.78, 5) is 0. The molecule has 0 radical (unpaired) electrons. The second-order valence-corrected chi connectivity index (χ2v) is 4.10. The summed E-state index contributed by atoms with van der Waals surface area (Å²) in [7, 11) is 0. The van der Waals surface area contributed by atoms with Crippen molar-refractivity contribution >= 4 is 0 Å². The van der Waals surface area contributed by atoms with Gasteiger partial charge in [-0.05, 0) is 31.0 Å². The van der Waals surface area contributed by atoms with Gasteiger partial charge in [0.2, 0.25) is 0 Å². The van der Waals surface area contributed by atoms with Gasteiger partial charge in [-0.3, -0.25) is 0 Å². The highest BCUT2D eigenvalue weighted by Gasteiger charge is 2.03. The van der Waals surface area contributed by atoms with Crippen LogP contribution in [0.15, 0.2) is 60.7 Å². The van der Waals surface area contributed by atoms with Crippen LogP contribution in [0.1, 0.15) is 12.5 Å². The van der Waals surface area contributed by atoms with Gasteiger partial charge in [0.15, 0.2) is 6.29 Å². The van der Waals surface area contributed by atoms with Crippen molar-refractivity contribution in [3.05, 3.63) is 66.2 Å². The van der Waals surface area contributed by atoms with E-state index >= 15 is 0 Å². The van der Waals surface area contributed by atoms with Gasteiger partial charge in [-0.1, -0.05) is 48.5 Å². The van der Waals surface area contributed by atoms with E-state index < -0.39 is 0 Å². The maximum absolute atomic E-state index is 5.63. The number of para-hydroxylation sites is 1. The Hall–Kier alpha value is -1.80. The molecule has 0 aliphatic heterocycles. The molecule has 2 aromatic rings. The predicted molar refractivity (Wildman–Crippen MR) is 72.6 cm³/mol. The van der Waals surface area contributed by atoms with E-state index in [1.807, 2.05) is 55.5 Å². The maximum atomic E-state index is 5.63. The molecule has 94 valence electrons. The Kier molecular flexibility index (Phi) is 4.79. The predicted octanol–water partition coefficient (Wildman–Crippen LogP) is 3.67. The topological polar surface area (TPSA) is 18.5 Å². The lowest BCUT2D eigenvalue weighted by Crippen LogP contribution is -2.17. The molecule has 2 nitrogen and oxygen atoms in total. The average Bonchev–Trinajstić information content (AvgIpc) is 2.41. The molecule has 2 heteroatoms. The van der Waals surface area contributed by atoms with Crippen LogP contribution in [-0.4, -0.2) is 12.9 Å². The zero-order valence-corrected chi connectivity index (χ0v) is 10.6. The summed E-state index contributed by atoms with van der Waals surface area (Å²) in [6, 6.07) is 20.0. The van der Waals surface area contributed by atoms with Gasteiger partial charge in [0.1, 0.15) is 5.75 Å². The van der Waals surface area contributed by atoms with E-state index in [9.17, 15) is 0 Å². The molecule has 2 aromatic carbocycles. The minimum atomic E-state index is -0.226. The minimum absolute atomic E-state index is 0.226. The van der Waals surface area contributed by atoms with Gasteiger partial charge in [0.05, 0.1) is 6.61 Å². The van der Waals surface area contributed by atoms with Crippen molar-refractivity contribution in [1.82, 2.24) is 0 Å². The molecular weight excluding hydrogens is 224 g/mol. The van der Waals surface area contributed by atoms with Crippen molar-refractivity contribution in [2.45, 2.75) is 19.6 Å². The van der Waals surface area contributed by atoms with Gasteiger partial charge < -0.3 is 9.47 Å². The normalized spacial score (nSPS) is 12.1. The summed E-state index contributed by atoms with van der Waals surface area (Å²) in [5.74, 6) is 0.838. The van der Waals surface area contributed by atoms with Crippen molar-refractivity contribution in [3.8, 4) is 5.75 Å². The summed E-state index contributed by atoms with van der Waals surface area (Å²) in [5.41, 5.74) is 1.28. The van der Waals surface area contributed by atoms with Crippen LogP contribution in [0.4, 0.5) is 0 Å². The molecule has 0 amide bonds. The summed E-state index contributed by atoms with van der Waals surface area (Å²) < 4.78 is 11.3. The molecule has 18 heavy (non-hydrogen) atoms. The molecule has 1 atom stereocenters. The van der Waals surface area contributed by atoms with Crippen LogP contribution in [0.3, 0.4) is 0 Å². The highest BCUT2D eigenvalue weighted by atomic mass is 16.7. The van der Waals surface area contributed by atoms with E-state index in [-0.39, 0.29) is 6.29 Å². The van der Waals surface area contributed by atoms with Crippen molar-refractivity contribution in [2.24, 2.45) is 0 Å². The van der Waals surface area contributed by atoms with Crippen molar-refractivity contribution < 1.29 is 9.47 Å². The van der Waals surface area contributed by atoms with Crippen LogP contribution in [0, 0.1) is 0 Å². The molecule has 0 spiro atoms. The second-order valence-electron chi connectivity index (χ2n) is 4.10. The Morgan fingerprint density at radius 2 is 1.50 bits per heavy atom. The van der Waals surface area contributed by atoms with E-state index in [2.05, 4.69) is 12.1 Å². The first-order chi connectivity index (χ1) is 8.84. The smallest absolute Gasteiger partial charge is 0.196 e. The fourth-order valence-electron chi connectivity index (χ4n) is 1.71. The quantitative estimate of drug-likeness (QED) is 0.719. The molecule has 0 fully saturated rings. The van der Waals surface area contributed by atoms with Gasteiger partial charge in [-0.15, -0.1) is 0 Å². The molecule has 0 unspecified atom stereocenters. The molecule has 0 aliphatic carbocycles. The molecule has 0 bridgehead atoms. The lowest BCUT2D eigenvalue weighted by atomic mass is 10.2. The van der Waals surface area contributed by atoms with E-state index in [1.165, 1.54) is 5.56 Å². The number of hydrogen-bond acceptors (Lipinski definition) is 2. The fraction of sp³-hybridized carbons (Fsp3) is 0.250. The highest BCUT2D eigenvalue weighted by Crippen LogP contribution is 2.11. The first-order valence-electron chi connectivity index (χ1n) is 6.22. The average molecular weight is 242 g/mol. The Bertz CT molecular complexity index is 439. The minimum Gasteiger partial charge on any atom is -0.465 e. The Morgan fingerprint density at radius 1 is 0.889 bits per heavy atom. The maximum Gasteiger partial charge on any atom is 0.196 e. The van der Waals surface area contributed by atoms with Gasteiger partial charge >= 0.3 is 0 Å². The zero-order valence-electron chi connectivity index (χ0n) is 10.6. The Labute approximate surface area is 108 Å². The van der Waals surface area contributed by atoms with E-state index in [0.29, 0.717) is 6.61 Å². The van der Waals surface area contributed by atoms with Gasteiger partial charge in [0, 0.05) is 0 Å². The van der Waals surface area contributed by atoms with Crippen LogP contribution in [0.25, 0.3) is 0 Å². The molecule has 0 N–H and O–H groups in total. The Morgan fingerprint density at radius 3 is 2.17 bits per heavy atom. The lowest BCUT2D eigenvalue weighted by molar-refractivity contribution is -0.0654. The molecule has 0 aliphatic rings. The molecule has 0 saturated heterocycles. The van der Waals surface area contributed by atoms with E-state index in [0.717, 1.165) is 12.2 Å². The van der Waals surface area contributed by atoms with Crippen LogP contribution < -0.4 is 4.74 Å². The standard InChI is InChI=1S/C16H18O2/c1-14(18-16-10-6-3-7-11-16)17-13-12-15-8-4-2-5-9-15/h2-11,14H,12-13H2,1H3/t14-/m1/s1. The molecule has 0 heterocycles. The number of rotatable bonds is 6. The van der Waals surface area contributed by atoms with Crippen LogP contribution in [0.2, 0.25) is 0 Å². The van der Waals surface area contributed by atoms with E-state index in [4.69, 9.17) is 9.47 Å². The molecule has 0 aromatic heterocycles. The third-order valence-corrected chi connectivity index (χ3v) is 2.63. The second kappa shape index (κ2) is 6.82. The fourth-order valence-corrected chi connectivity index (χ4v) is 1.71. The van der Waals surface area contributed by atoms with E-state index in [1.54, 1.807) is 0 Å². The van der Waals surface area contributed by atoms with Crippen molar-refractivity contribution in [1.29, 1.82) is 0 Å². The first-order valence-corrected chi connectivity index (χ1v) is 6.22. The van der Waals surface area contributed by atoms with Crippen LogP contribution in [-0.2, 0) is 11.2 Å². The largest absolute Gasteiger partial charge is 0.465 e. The zero-order chi connectivity index (χ0) is 12.6. The van der Waals surface area contributed by atoms with Crippen molar-refractivity contribution in [3.63, 3.8) is 0 Å². The van der Waals surface area contributed by atoms with Crippen LogP contribution >= 0.6 is 0 Å². The number of ether oxygens (including phenoxy) is 2.